The topological polar surface area (TPSA) is 60.9 Å². The van der Waals surface area contributed by atoms with E-state index in [9.17, 15) is 36.3 Å². The molecule has 4 rings (SSSR count). The third kappa shape index (κ3) is 4.36. The van der Waals surface area contributed by atoms with Crippen molar-refractivity contribution in [2.24, 2.45) is 5.92 Å². The van der Waals surface area contributed by atoms with Gasteiger partial charge in [-0.1, -0.05) is 12.1 Å². The lowest BCUT2D eigenvalue weighted by atomic mass is 9.80. The first-order chi connectivity index (χ1) is 15.9. The van der Waals surface area contributed by atoms with Gasteiger partial charge < -0.3 is 14.7 Å². The van der Waals surface area contributed by atoms with Gasteiger partial charge in [-0.2, -0.15) is 13.2 Å². The SMILES string of the molecule is CC(=O)N1CC2(C1)C(=O)N(C1CCC(C(F)F)CC1)CC(=O)N2Cc1ccc(C(F)(F)F)cc1. The van der Waals surface area contributed by atoms with Crippen molar-refractivity contribution in [2.75, 3.05) is 19.6 Å². The van der Waals surface area contributed by atoms with Crippen molar-refractivity contribution in [1.82, 2.24) is 14.7 Å². The Hall–Kier alpha value is -2.72. The van der Waals surface area contributed by atoms with E-state index in [0.717, 1.165) is 12.1 Å². The molecule has 1 aliphatic carbocycles. The van der Waals surface area contributed by atoms with Gasteiger partial charge in [0.1, 0.15) is 6.54 Å². The first kappa shape index (κ1) is 24.4. The Morgan fingerprint density at radius 1 is 1.06 bits per heavy atom. The van der Waals surface area contributed by atoms with Crippen molar-refractivity contribution in [3.8, 4) is 0 Å². The second kappa shape index (κ2) is 8.81. The van der Waals surface area contributed by atoms with Crippen LogP contribution in [0.3, 0.4) is 0 Å². The summed E-state index contributed by atoms with van der Waals surface area (Å²) in [4.78, 5) is 42.9. The number of alkyl halides is 5. The smallest absolute Gasteiger partial charge is 0.337 e. The van der Waals surface area contributed by atoms with Crippen LogP contribution in [0.5, 0.6) is 0 Å². The summed E-state index contributed by atoms with van der Waals surface area (Å²) in [6.45, 7) is 1.06. The monoisotopic (exact) mass is 487 g/mol. The molecule has 34 heavy (non-hydrogen) atoms. The minimum Gasteiger partial charge on any atom is -0.337 e. The maximum absolute atomic E-state index is 13.6. The number of piperazine rings is 1. The number of amides is 3. The molecule has 1 spiro atoms. The summed E-state index contributed by atoms with van der Waals surface area (Å²) in [6.07, 6.45) is -5.62. The number of carbonyl (C=O) groups excluding carboxylic acids is 3. The number of carbonyl (C=O) groups is 3. The van der Waals surface area contributed by atoms with Gasteiger partial charge in [0, 0.05) is 25.4 Å². The molecule has 3 amide bonds. The Balaban J connectivity index is 1.55. The van der Waals surface area contributed by atoms with Crippen LogP contribution in [0.4, 0.5) is 22.0 Å². The van der Waals surface area contributed by atoms with Crippen molar-refractivity contribution in [1.29, 1.82) is 0 Å². The zero-order valence-electron chi connectivity index (χ0n) is 18.7. The molecule has 3 fully saturated rings. The number of hydrogen-bond donors (Lipinski definition) is 0. The molecule has 0 radical (unpaired) electrons. The van der Waals surface area contributed by atoms with Gasteiger partial charge in [0.25, 0.3) is 5.91 Å². The van der Waals surface area contributed by atoms with Gasteiger partial charge in [0.15, 0.2) is 5.54 Å². The molecular weight excluding hydrogens is 461 g/mol. The molecular formula is C23H26F5N3O3. The van der Waals surface area contributed by atoms with E-state index in [1.165, 1.54) is 33.8 Å². The summed E-state index contributed by atoms with van der Waals surface area (Å²) in [6, 6.07) is 4.06. The van der Waals surface area contributed by atoms with Gasteiger partial charge in [-0.15, -0.1) is 0 Å². The van der Waals surface area contributed by atoms with Gasteiger partial charge in [-0.3, -0.25) is 14.4 Å². The lowest BCUT2D eigenvalue weighted by molar-refractivity contribution is -0.185. The Labute approximate surface area is 193 Å². The third-order valence-electron chi connectivity index (χ3n) is 7.29. The molecule has 186 valence electrons. The van der Waals surface area contributed by atoms with Crippen LogP contribution in [0.2, 0.25) is 0 Å². The number of halogens is 5. The molecule has 2 heterocycles. The van der Waals surface area contributed by atoms with Gasteiger partial charge in [0.05, 0.1) is 18.7 Å². The highest BCUT2D eigenvalue weighted by atomic mass is 19.4. The van der Waals surface area contributed by atoms with Gasteiger partial charge in [-0.05, 0) is 43.4 Å². The Morgan fingerprint density at radius 3 is 2.15 bits per heavy atom. The molecule has 3 aliphatic rings. The summed E-state index contributed by atoms with van der Waals surface area (Å²) < 4.78 is 64.8. The Kier molecular flexibility index (Phi) is 6.32. The first-order valence-corrected chi connectivity index (χ1v) is 11.2. The molecule has 0 bridgehead atoms. The van der Waals surface area contributed by atoms with Crippen molar-refractivity contribution in [3.05, 3.63) is 35.4 Å². The lowest BCUT2D eigenvalue weighted by Gasteiger charge is -2.59. The van der Waals surface area contributed by atoms with Crippen molar-refractivity contribution in [2.45, 2.75) is 63.3 Å². The van der Waals surface area contributed by atoms with Gasteiger partial charge in [0.2, 0.25) is 18.2 Å². The predicted molar refractivity (Wildman–Crippen MR) is 110 cm³/mol. The Bertz CT molecular complexity index is 952. The van der Waals surface area contributed by atoms with E-state index in [1.807, 2.05) is 0 Å². The molecule has 0 N–H and O–H groups in total. The fourth-order valence-corrected chi connectivity index (χ4v) is 5.22. The van der Waals surface area contributed by atoms with E-state index < -0.39 is 29.6 Å². The standard InChI is InChI=1S/C23H26F5N3O3/c1-14(32)29-12-22(13-29)21(34)30(18-8-4-16(5-9-18)20(24)25)11-19(33)31(22)10-15-2-6-17(7-3-15)23(26,27)28/h2-3,6-7,16,18,20H,4-5,8-13H2,1H3. The third-order valence-corrected chi connectivity index (χ3v) is 7.29. The Morgan fingerprint density at radius 2 is 1.65 bits per heavy atom. The minimum absolute atomic E-state index is 0.00355. The molecule has 2 saturated heterocycles. The van der Waals surface area contributed by atoms with Gasteiger partial charge in [-0.25, -0.2) is 8.78 Å². The predicted octanol–water partition coefficient (Wildman–Crippen LogP) is 3.30. The van der Waals surface area contributed by atoms with E-state index in [1.54, 1.807) is 0 Å². The largest absolute Gasteiger partial charge is 0.416 e. The van der Waals surface area contributed by atoms with Gasteiger partial charge >= 0.3 is 6.18 Å². The number of hydrogen-bond acceptors (Lipinski definition) is 3. The quantitative estimate of drug-likeness (QED) is 0.613. The van der Waals surface area contributed by atoms with Crippen molar-refractivity contribution >= 4 is 17.7 Å². The summed E-state index contributed by atoms with van der Waals surface area (Å²) in [5, 5.41) is 0. The molecule has 1 saturated carbocycles. The zero-order valence-corrected chi connectivity index (χ0v) is 18.7. The molecule has 0 unspecified atom stereocenters. The van der Waals surface area contributed by atoms with E-state index in [0.29, 0.717) is 18.4 Å². The van der Waals surface area contributed by atoms with Crippen molar-refractivity contribution in [3.63, 3.8) is 0 Å². The average molecular weight is 487 g/mol. The summed E-state index contributed by atoms with van der Waals surface area (Å²) >= 11 is 0. The van der Waals surface area contributed by atoms with E-state index >= 15 is 0 Å². The molecule has 0 atom stereocenters. The van der Waals surface area contributed by atoms with Crippen LogP contribution < -0.4 is 0 Å². The summed E-state index contributed by atoms with van der Waals surface area (Å²) in [5.41, 5.74) is -1.69. The van der Waals surface area contributed by atoms with E-state index in [4.69, 9.17) is 0 Å². The average Bonchev–Trinajstić information content (AvgIpc) is 2.74. The van der Waals surface area contributed by atoms with Crippen LogP contribution in [0.1, 0.15) is 43.7 Å². The van der Waals surface area contributed by atoms with E-state index in [2.05, 4.69) is 0 Å². The highest BCUT2D eigenvalue weighted by Crippen LogP contribution is 2.39. The fourth-order valence-electron chi connectivity index (χ4n) is 5.22. The second-order valence-corrected chi connectivity index (χ2v) is 9.42. The molecule has 6 nitrogen and oxygen atoms in total. The molecule has 1 aromatic carbocycles. The second-order valence-electron chi connectivity index (χ2n) is 9.42. The van der Waals surface area contributed by atoms with Crippen LogP contribution >= 0.6 is 0 Å². The minimum atomic E-state index is -4.49. The first-order valence-electron chi connectivity index (χ1n) is 11.2. The van der Waals surface area contributed by atoms with Crippen LogP contribution in [-0.2, 0) is 27.1 Å². The molecule has 11 heteroatoms. The summed E-state index contributed by atoms with van der Waals surface area (Å²) in [5.74, 6) is -1.68. The van der Waals surface area contributed by atoms with E-state index in [-0.39, 0.29) is 62.8 Å². The fraction of sp³-hybridized carbons (Fsp3) is 0.609. The van der Waals surface area contributed by atoms with Crippen molar-refractivity contribution < 1.29 is 36.3 Å². The molecule has 2 aliphatic heterocycles. The highest BCUT2D eigenvalue weighted by Gasteiger charge is 2.61. The number of nitrogens with zero attached hydrogens (tertiary/aromatic N) is 3. The summed E-state index contributed by atoms with van der Waals surface area (Å²) in [7, 11) is 0. The van der Waals surface area contributed by atoms with Crippen LogP contribution in [0.15, 0.2) is 24.3 Å². The highest BCUT2D eigenvalue weighted by molar-refractivity contribution is 6.00. The molecule has 1 aromatic rings. The normalized spacial score (nSPS) is 25.2. The number of benzene rings is 1. The zero-order chi connectivity index (χ0) is 24.8. The molecule has 0 aromatic heterocycles. The number of rotatable bonds is 4. The van der Waals surface area contributed by atoms with Crippen LogP contribution in [0.25, 0.3) is 0 Å². The number of likely N-dealkylation sites (tertiary alicyclic amines) is 1. The van der Waals surface area contributed by atoms with Crippen LogP contribution in [-0.4, -0.2) is 70.1 Å². The van der Waals surface area contributed by atoms with Crippen LogP contribution in [0, 0.1) is 5.92 Å². The maximum Gasteiger partial charge on any atom is 0.416 e. The lowest BCUT2D eigenvalue weighted by Crippen LogP contribution is -2.81. The maximum atomic E-state index is 13.6.